The fourth-order valence-corrected chi connectivity index (χ4v) is 2.22. The van der Waals surface area contributed by atoms with E-state index in [1.807, 2.05) is 6.07 Å². The second-order valence-corrected chi connectivity index (χ2v) is 4.16. The number of aromatic amines is 1. The molecule has 1 fully saturated rings. The second kappa shape index (κ2) is 4.98. The quantitative estimate of drug-likeness (QED) is 0.753. The first-order valence-corrected chi connectivity index (χ1v) is 5.60. The Bertz CT molecular complexity index is 505. The molecule has 1 aliphatic heterocycles. The van der Waals surface area contributed by atoms with Gasteiger partial charge in [0.25, 0.3) is 0 Å². The molecule has 0 saturated carbocycles. The van der Waals surface area contributed by atoms with Crippen LogP contribution in [0.4, 0.5) is 5.69 Å². The molecule has 1 saturated heterocycles. The number of hydrogen-bond acceptors (Lipinski definition) is 3. The predicted octanol–water partition coefficient (Wildman–Crippen LogP) is 1.86. The van der Waals surface area contributed by atoms with Crippen molar-refractivity contribution in [3.8, 4) is 5.88 Å². The van der Waals surface area contributed by atoms with Crippen molar-refractivity contribution in [2.75, 3.05) is 31.1 Å². The Morgan fingerprint density at radius 3 is 2.65 bits per heavy atom. The van der Waals surface area contributed by atoms with Crippen LogP contribution in [0.5, 0.6) is 5.88 Å². The summed E-state index contributed by atoms with van der Waals surface area (Å²) in [5, 5.41) is 13.8. The number of nitrogens with zero attached hydrogens (tertiary/aromatic N) is 1. The van der Waals surface area contributed by atoms with Crippen molar-refractivity contribution < 1.29 is 5.11 Å². The molecule has 0 bridgehead atoms. The van der Waals surface area contributed by atoms with Crippen LogP contribution in [0.15, 0.2) is 24.3 Å². The Labute approximate surface area is 110 Å². The maximum Gasteiger partial charge on any atom is 0.189 e. The van der Waals surface area contributed by atoms with Crippen molar-refractivity contribution in [3.63, 3.8) is 0 Å². The van der Waals surface area contributed by atoms with E-state index < -0.39 is 0 Å². The first-order valence-electron chi connectivity index (χ1n) is 5.60. The zero-order chi connectivity index (χ0) is 11.0. The van der Waals surface area contributed by atoms with E-state index in [-0.39, 0.29) is 22.9 Å². The molecule has 0 aliphatic carbocycles. The van der Waals surface area contributed by atoms with Gasteiger partial charge in [-0.25, -0.2) is 0 Å². The van der Waals surface area contributed by atoms with E-state index in [2.05, 4.69) is 27.3 Å². The van der Waals surface area contributed by atoms with E-state index in [4.69, 9.17) is 0 Å². The van der Waals surface area contributed by atoms with Crippen LogP contribution in [-0.2, 0) is 0 Å². The molecule has 4 nitrogen and oxygen atoms in total. The summed E-state index contributed by atoms with van der Waals surface area (Å²) >= 11 is 0. The maximum absolute atomic E-state index is 9.38. The molecule has 1 aromatic heterocycles. The van der Waals surface area contributed by atoms with Gasteiger partial charge in [0.1, 0.15) is 0 Å². The van der Waals surface area contributed by atoms with Crippen molar-refractivity contribution in [3.05, 3.63) is 24.3 Å². The van der Waals surface area contributed by atoms with Crippen molar-refractivity contribution in [1.29, 1.82) is 0 Å². The minimum absolute atomic E-state index is 0. The highest BCUT2D eigenvalue weighted by Gasteiger charge is 2.11. The molecule has 2 aromatic rings. The van der Waals surface area contributed by atoms with Gasteiger partial charge in [-0.2, -0.15) is 0 Å². The highest BCUT2D eigenvalue weighted by atomic mass is 79.9. The topological polar surface area (TPSA) is 51.3 Å². The van der Waals surface area contributed by atoms with Crippen LogP contribution in [0, 0.1) is 0 Å². The van der Waals surface area contributed by atoms with E-state index >= 15 is 0 Å². The zero-order valence-corrected chi connectivity index (χ0v) is 11.2. The summed E-state index contributed by atoms with van der Waals surface area (Å²) in [4.78, 5) is 5.27. The standard InChI is InChI=1S/C12H15N3O.BrH/c16-12-8-9-7-10(1-2-11(9)14-12)15-5-3-13-4-6-15;/h1-2,7-8,13-14,16H,3-6H2;1H. The van der Waals surface area contributed by atoms with E-state index in [0.717, 1.165) is 37.1 Å². The summed E-state index contributed by atoms with van der Waals surface area (Å²) in [5.74, 6) is 0.229. The first-order chi connectivity index (χ1) is 7.83. The minimum Gasteiger partial charge on any atom is -0.495 e. The predicted molar refractivity (Wildman–Crippen MR) is 75.4 cm³/mol. The monoisotopic (exact) mass is 297 g/mol. The molecule has 0 atom stereocenters. The van der Waals surface area contributed by atoms with Gasteiger partial charge >= 0.3 is 0 Å². The third-order valence-electron chi connectivity index (χ3n) is 3.07. The first kappa shape index (κ1) is 12.3. The molecule has 3 rings (SSSR count). The molecule has 0 amide bonds. The molecule has 5 heteroatoms. The maximum atomic E-state index is 9.38. The van der Waals surface area contributed by atoms with Crippen LogP contribution in [-0.4, -0.2) is 36.3 Å². The Kier molecular flexibility index (Phi) is 3.59. The molecule has 1 aliphatic rings. The van der Waals surface area contributed by atoms with Crippen LogP contribution in [0.1, 0.15) is 0 Å². The van der Waals surface area contributed by atoms with Gasteiger partial charge < -0.3 is 20.3 Å². The third kappa shape index (κ3) is 2.40. The van der Waals surface area contributed by atoms with Crippen molar-refractivity contribution in [1.82, 2.24) is 10.3 Å². The highest BCUT2D eigenvalue weighted by Crippen LogP contribution is 2.25. The van der Waals surface area contributed by atoms with Crippen LogP contribution >= 0.6 is 17.0 Å². The summed E-state index contributed by atoms with van der Waals surface area (Å²) in [5.41, 5.74) is 2.21. The Hall–Kier alpha value is -1.20. The Morgan fingerprint density at radius 1 is 1.12 bits per heavy atom. The number of halogens is 1. The molecule has 17 heavy (non-hydrogen) atoms. The second-order valence-electron chi connectivity index (χ2n) is 4.16. The van der Waals surface area contributed by atoms with Gasteiger partial charge in [-0.3, -0.25) is 0 Å². The number of hydrogen-bond donors (Lipinski definition) is 3. The van der Waals surface area contributed by atoms with Gasteiger partial charge in [-0.1, -0.05) is 0 Å². The van der Waals surface area contributed by atoms with Gasteiger partial charge in [0.05, 0.1) is 0 Å². The summed E-state index contributed by atoms with van der Waals surface area (Å²) < 4.78 is 0. The lowest BCUT2D eigenvalue weighted by Crippen LogP contribution is -2.43. The average Bonchev–Trinajstić information content (AvgIpc) is 2.69. The SMILES string of the molecule is Br.Oc1cc2cc(N3CCNCC3)ccc2[nH]1. The van der Waals surface area contributed by atoms with Crippen LogP contribution in [0.25, 0.3) is 10.9 Å². The molecular weight excluding hydrogens is 282 g/mol. The Morgan fingerprint density at radius 2 is 1.88 bits per heavy atom. The van der Waals surface area contributed by atoms with Crippen LogP contribution < -0.4 is 10.2 Å². The molecule has 0 spiro atoms. The van der Waals surface area contributed by atoms with Gasteiger partial charge in [0, 0.05) is 48.8 Å². The van der Waals surface area contributed by atoms with E-state index in [0.29, 0.717) is 0 Å². The molecule has 0 unspecified atom stereocenters. The molecule has 0 radical (unpaired) electrons. The summed E-state index contributed by atoms with van der Waals surface area (Å²) in [6.07, 6.45) is 0. The normalized spacial score (nSPS) is 15.9. The molecule has 1 aromatic carbocycles. The van der Waals surface area contributed by atoms with Crippen LogP contribution in [0.2, 0.25) is 0 Å². The lowest BCUT2D eigenvalue weighted by molar-refractivity contribution is 0.458. The number of rotatable bonds is 1. The number of nitrogens with one attached hydrogen (secondary N) is 2. The lowest BCUT2D eigenvalue weighted by atomic mass is 10.2. The van der Waals surface area contributed by atoms with Gasteiger partial charge in [-0.05, 0) is 18.2 Å². The largest absolute Gasteiger partial charge is 0.495 e. The highest BCUT2D eigenvalue weighted by molar-refractivity contribution is 8.93. The number of aromatic hydroxyl groups is 1. The van der Waals surface area contributed by atoms with Crippen molar-refractivity contribution in [2.24, 2.45) is 0 Å². The summed E-state index contributed by atoms with van der Waals surface area (Å²) in [6, 6.07) is 8.01. The van der Waals surface area contributed by atoms with E-state index in [9.17, 15) is 5.11 Å². The zero-order valence-electron chi connectivity index (χ0n) is 9.44. The van der Waals surface area contributed by atoms with E-state index in [1.165, 1.54) is 5.69 Å². The molecule has 92 valence electrons. The van der Waals surface area contributed by atoms with Crippen molar-refractivity contribution in [2.45, 2.75) is 0 Å². The Balaban J connectivity index is 0.00000108. The minimum atomic E-state index is 0. The average molecular weight is 298 g/mol. The fourth-order valence-electron chi connectivity index (χ4n) is 2.22. The number of anilines is 1. The third-order valence-corrected chi connectivity index (χ3v) is 3.07. The number of fused-ring (bicyclic) bond motifs is 1. The summed E-state index contributed by atoms with van der Waals surface area (Å²) in [7, 11) is 0. The number of benzene rings is 1. The van der Waals surface area contributed by atoms with Crippen molar-refractivity contribution >= 4 is 33.6 Å². The molecule has 3 N–H and O–H groups in total. The van der Waals surface area contributed by atoms with Crippen LogP contribution in [0.3, 0.4) is 0 Å². The number of H-pyrrole nitrogens is 1. The van der Waals surface area contributed by atoms with Gasteiger partial charge in [-0.15, -0.1) is 17.0 Å². The number of aromatic nitrogens is 1. The fraction of sp³-hybridized carbons (Fsp3) is 0.333. The lowest BCUT2D eigenvalue weighted by Gasteiger charge is -2.29. The molecular formula is C12H16BrN3O. The van der Waals surface area contributed by atoms with E-state index in [1.54, 1.807) is 6.07 Å². The number of piperazine rings is 1. The molecule has 2 heterocycles. The van der Waals surface area contributed by atoms with Gasteiger partial charge in [0.15, 0.2) is 5.88 Å². The summed E-state index contributed by atoms with van der Waals surface area (Å²) in [6.45, 7) is 4.16. The smallest absolute Gasteiger partial charge is 0.189 e. The van der Waals surface area contributed by atoms with Gasteiger partial charge in [0.2, 0.25) is 0 Å².